The molecular formula is C23H24N6O4S. The van der Waals surface area contributed by atoms with Crippen molar-refractivity contribution in [3.05, 3.63) is 78.0 Å². The second-order valence-corrected chi connectivity index (χ2v) is 9.94. The van der Waals surface area contributed by atoms with Gasteiger partial charge in [0.2, 0.25) is 10.0 Å². The van der Waals surface area contributed by atoms with Gasteiger partial charge in [0, 0.05) is 31.4 Å². The van der Waals surface area contributed by atoms with Gasteiger partial charge < -0.3 is 4.42 Å². The van der Waals surface area contributed by atoms with E-state index in [1.807, 2.05) is 44.2 Å². The van der Waals surface area contributed by atoms with Crippen molar-refractivity contribution in [3.63, 3.8) is 0 Å². The van der Waals surface area contributed by atoms with E-state index in [1.54, 1.807) is 16.9 Å². The Kier molecular flexibility index (Phi) is 6.57. The van der Waals surface area contributed by atoms with Crippen LogP contribution in [0.25, 0.3) is 11.6 Å². The number of nitrogens with one attached hydrogen (secondary N) is 1. The summed E-state index contributed by atoms with van der Waals surface area (Å²) < 4.78 is 34.3. The van der Waals surface area contributed by atoms with Crippen LogP contribution < -0.4 is 5.32 Å². The van der Waals surface area contributed by atoms with Gasteiger partial charge in [-0.05, 0) is 49.7 Å². The zero-order valence-corrected chi connectivity index (χ0v) is 19.7. The average molecular weight is 481 g/mol. The smallest absolute Gasteiger partial charge is 0.322 e. The van der Waals surface area contributed by atoms with Crippen LogP contribution in [-0.2, 0) is 16.6 Å². The fourth-order valence-electron chi connectivity index (χ4n) is 3.33. The van der Waals surface area contributed by atoms with E-state index in [4.69, 9.17) is 4.42 Å². The standard InChI is InChI=1S/C23H24N6O4S/c1-16(2)29-20(13-14-24-29)22-26-27-23(33-22)25-21(30)18-9-11-19(12-10-18)34(31,32)28(3)15-17-7-5-4-6-8-17/h4-14,16H,15H2,1-3H3,(H,25,27,30). The highest BCUT2D eigenvalue weighted by Crippen LogP contribution is 2.23. The summed E-state index contributed by atoms with van der Waals surface area (Å²) in [5, 5.41) is 14.6. The molecule has 1 amide bonds. The summed E-state index contributed by atoms with van der Waals surface area (Å²) in [6.45, 7) is 4.18. The second-order valence-electron chi connectivity index (χ2n) is 7.89. The number of carbonyl (C=O) groups excluding carboxylic acids is 1. The molecule has 0 saturated heterocycles. The number of anilines is 1. The molecule has 0 spiro atoms. The summed E-state index contributed by atoms with van der Waals surface area (Å²) in [5.74, 6) is -0.279. The summed E-state index contributed by atoms with van der Waals surface area (Å²) in [4.78, 5) is 12.7. The molecule has 0 aliphatic heterocycles. The SMILES string of the molecule is CC(C)n1nccc1-c1nnc(NC(=O)c2ccc(S(=O)(=O)N(C)Cc3ccccc3)cc2)o1. The number of sulfonamides is 1. The Balaban J connectivity index is 1.44. The fourth-order valence-corrected chi connectivity index (χ4v) is 4.48. The highest BCUT2D eigenvalue weighted by molar-refractivity contribution is 7.89. The van der Waals surface area contributed by atoms with Crippen molar-refractivity contribution >= 4 is 21.9 Å². The first kappa shape index (κ1) is 23.3. The summed E-state index contributed by atoms with van der Waals surface area (Å²) >= 11 is 0. The lowest BCUT2D eigenvalue weighted by Crippen LogP contribution is -2.26. The Morgan fingerprint density at radius 1 is 1.06 bits per heavy atom. The van der Waals surface area contributed by atoms with Crippen LogP contribution in [0.1, 0.15) is 35.8 Å². The normalized spacial score (nSPS) is 11.8. The molecule has 0 atom stereocenters. The minimum absolute atomic E-state index is 0.0733. The lowest BCUT2D eigenvalue weighted by Gasteiger charge is -2.17. The monoisotopic (exact) mass is 480 g/mol. The first-order valence-electron chi connectivity index (χ1n) is 10.5. The predicted molar refractivity (Wildman–Crippen MR) is 125 cm³/mol. The highest BCUT2D eigenvalue weighted by atomic mass is 32.2. The van der Waals surface area contributed by atoms with Crippen molar-refractivity contribution in [2.75, 3.05) is 12.4 Å². The molecule has 4 rings (SSSR count). The lowest BCUT2D eigenvalue weighted by atomic mass is 10.2. The Bertz CT molecular complexity index is 1380. The van der Waals surface area contributed by atoms with E-state index in [-0.39, 0.29) is 35.0 Å². The van der Waals surface area contributed by atoms with E-state index in [0.717, 1.165) is 5.56 Å². The molecule has 0 bridgehead atoms. The number of carbonyl (C=O) groups is 1. The number of rotatable bonds is 8. The van der Waals surface area contributed by atoms with Crippen molar-refractivity contribution in [2.24, 2.45) is 0 Å². The first-order chi connectivity index (χ1) is 16.3. The lowest BCUT2D eigenvalue weighted by molar-refractivity contribution is 0.102. The highest BCUT2D eigenvalue weighted by Gasteiger charge is 2.22. The van der Waals surface area contributed by atoms with Gasteiger partial charge >= 0.3 is 6.01 Å². The first-order valence-corrected chi connectivity index (χ1v) is 12.0. The fraction of sp³-hybridized carbons (Fsp3) is 0.217. The maximum Gasteiger partial charge on any atom is 0.322 e. The molecule has 0 saturated carbocycles. The number of nitrogens with zero attached hydrogens (tertiary/aromatic N) is 5. The Morgan fingerprint density at radius 2 is 1.76 bits per heavy atom. The second kappa shape index (κ2) is 9.57. The molecule has 1 N–H and O–H groups in total. The van der Waals surface area contributed by atoms with E-state index in [1.165, 1.54) is 35.6 Å². The van der Waals surface area contributed by atoms with Gasteiger partial charge in [0.1, 0.15) is 5.69 Å². The van der Waals surface area contributed by atoms with E-state index in [0.29, 0.717) is 5.69 Å². The average Bonchev–Trinajstić information content (AvgIpc) is 3.49. The number of aromatic nitrogens is 4. The van der Waals surface area contributed by atoms with Crippen LogP contribution in [0.4, 0.5) is 6.01 Å². The largest absolute Gasteiger partial charge is 0.401 e. The van der Waals surface area contributed by atoms with Gasteiger partial charge in [0.15, 0.2) is 0 Å². The van der Waals surface area contributed by atoms with Crippen molar-refractivity contribution in [3.8, 4) is 11.6 Å². The van der Waals surface area contributed by atoms with Crippen LogP contribution >= 0.6 is 0 Å². The molecule has 0 radical (unpaired) electrons. The molecule has 34 heavy (non-hydrogen) atoms. The van der Waals surface area contributed by atoms with Gasteiger partial charge in [0.05, 0.1) is 4.90 Å². The summed E-state index contributed by atoms with van der Waals surface area (Å²) in [7, 11) is -2.20. The molecule has 176 valence electrons. The maximum atomic E-state index is 12.9. The van der Waals surface area contributed by atoms with Crippen LogP contribution in [0.15, 0.2) is 76.2 Å². The van der Waals surface area contributed by atoms with Crippen LogP contribution in [0.3, 0.4) is 0 Å². The number of amides is 1. The molecule has 10 nitrogen and oxygen atoms in total. The zero-order valence-electron chi connectivity index (χ0n) is 18.9. The van der Waals surface area contributed by atoms with Gasteiger partial charge in [-0.3, -0.25) is 14.8 Å². The predicted octanol–water partition coefficient (Wildman–Crippen LogP) is 3.59. The molecule has 0 aliphatic carbocycles. The minimum Gasteiger partial charge on any atom is -0.401 e. The zero-order chi connectivity index (χ0) is 24.3. The van der Waals surface area contributed by atoms with E-state index < -0.39 is 15.9 Å². The van der Waals surface area contributed by atoms with Gasteiger partial charge in [-0.1, -0.05) is 35.4 Å². The molecule has 0 aliphatic rings. The van der Waals surface area contributed by atoms with Crippen LogP contribution in [0.5, 0.6) is 0 Å². The molecule has 0 unspecified atom stereocenters. The molecule has 2 aromatic carbocycles. The minimum atomic E-state index is -3.72. The Hall–Kier alpha value is -3.83. The van der Waals surface area contributed by atoms with Crippen LogP contribution in [-0.4, -0.2) is 45.7 Å². The molecule has 2 heterocycles. The van der Waals surface area contributed by atoms with Gasteiger partial charge in [-0.15, -0.1) is 5.10 Å². The summed E-state index contributed by atoms with van der Waals surface area (Å²) in [5.41, 5.74) is 1.76. The summed E-state index contributed by atoms with van der Waals surface area (Å²) in [6.07, 6.45) is 1.63. The van der Waals surface area contributed by atoms with Crippen molar-refractivity contribution in [1.82, 2.24) is 24.3 Å². The molecule has 2 aromatic heterocycles. The molecule has 4 aromatic rings. The van der Waals surface area contributed by atoms with Gasteiger partial charge in [-0.25, -0.2) is 8.42 Å². The Labute approximate surface area is 197 Å². The van der Waals surface area contributed by atoms with Crippen molar-refractivity contribution in [2.45, 2.75) is 31.3 Å². The number of benzene rings is 2. The van der Waals surface area contributed by atoms with E-state index in [9.17, 15) is 13.2 Å². The topological polar surface area (TPSA) is 123 Å². The van der Waals surface area contributed by atoms with Gasteiger partial charge in [-0.2, -0.15) is 9.40 Å². The third kappa shape index (κ3) is 4.90. The Morgan fingerprint density at radius 3 is 2.44 bits per heavy atom. The van der Waals surface area contributed by atoms with Crippen molar-refractivity contribution < 1.29 is 17.6 Å². The van der Waals surface area contributed by atoms with Crippen LogP contribution in [0, 0.1) is 0 Å². The number of hydrogen-bond donors (Lipinski definition) is 1. The van der Waals surface area contributed by atoms with E-state index in [2.05, 4.69) is 20.6 Å². The maximum absolute atomic E-state index is 12.9. The quantitative estimate of drug-likeness (QED) is 0.409. The van der Waals surface area contributed by atoms with Gasteiger partial charge in [0.25, 0.3) is 11.8 Å². The van der Waals surface area contributed by atoms with E-state index >= 15 is 0 Å². The number of hydrogen-bond acceptors (Lipinski definition) is 7. The summed E-state index contributed by atoms with van der Waals surface area (Å²) in [6, 6.07) is 16.7. The molecular weight excluding hydrogens is 456 g/mol. The third-order valence-electron chi connectivity index (χ3n) is 5.10. The van der Waals surface area contributed by atoms with Crippen LogP contribution in [0.2, 0.25) is 0 Å². The third-order valence-corrected chi connectivity index (χ3v) is 6.91. The molecule has 0 fully saturated rings. The molecule has 11 heteroatoms. The van der Waals surface area contributed by atoms with Crippen molar-refractivity contribution in [1.29, 1.82) is 0 Å².